The van der Waals surface area contributed by atoms with Gasteiger partial charge in [0.1, 0.15) is 11.5 Å². The zero-order valence-corrected chi connectivity index (χ0v) is 11.7. The van der Waals surface area contributed by atoms with Gasteiger partial charge in [0.15, 0.2) is 0 Å². The van der Waals surface area contributed by atoms with Crippen molar-refractivity contribution >= 4 is 11.6 Å². The number of phenolic OH excluding ortho intramolecular Hbond substituents is 1. The number of para-hydroxylation sites is 2. The van der Waals surface area contributed by atoms with Gasteiger partial charge in [0.25, 0.3) is 0 Å². The predicted molar refractivity (Wildman–Crippen MR) is 80.7 cm³/mol. The van der Waals surface area contributed by atoms with Crippen molar-refractivity contribution in [3.63, 3.8) is 0 Å². The molecule has 1 heterocycles. The molecule has 2 aromatic carbocycles. The molecule has 0 unspecified atom stereocenters. The SMILES string of the molecule is O=C(Cc1cccc(O)c1)N1CCCOc2ccccc21. The van der Waals surface area contributed by atoms with Crippen LogP contribution in [0.5, 0.6) is 11.5 Å². The molecular formula is C17H17NO3. The number of carbonyl (C=O) groups is 1. The molecule has 0 bridgehead atoms. The van der Waals surface area contributed by atoms with Gasteiger partial charge in [0, 0.05) is 6.54 Å². The summed E-state index contributed by atoms with van der Waals surface area (Å²) < 4.78 is 5.66. The summed E-state index contributed by atoms with van der Waals surface area (Å²) in [7, 11) is 0. The van der Waals surface area contributed by atoms with Gasteiger partial charge < -0.3 is 14.7 Å². The molecule has 1 amide bonds. The van der Waals surface area contributed by atoms with E-state index in [0.717, 1.165) is 23.4 Å². The number of anilines is 1. The summed E-state index contributed by atoms with van der Waals surface area (Å²) in [6, 6.07) is 14.4. The minimum Gasteiger partial charge on any atom is -0.508 e. The second-order valence-electron chi connectivity index (χ2n) is 5.06. The molecule has 21 heavy (non-hydrogen) atoms. The third-order valence-electron chi connectivity index (χ3n) is 3.51. The van der Waals surface area contributed by atoms with E-state index in [2.05, 4.69) is 0 Å². The van der Waals surface area contributed by atoms with Gasteiger partial charge in [-0.05, 0) is 36.2 Å². The number of hydrogen-bond acceptors (Lipinski definition) is 3. The molecule has 0 saturated heterocycles. The van der Waals surface area contributed by atoms with Crippen LogP contribution < -0.4 is 9.64 Å². The normalized spacial score (nSPS) is 14.0. The van der Waals surface area contributed by atoms with E-state index >= 15 is 0 Å². The molecule has 4 heteroatoms. The van der Waals surface area contributed by atoms with Gasteiger partial charge in [-0.15, -0.1) is 0 Å². The van der Waals surface area contributed by atoms with E-state index < -0.39 is 0 Å². The van der Waals surface area contributed by atoms with Gasteiger partial charge in [-0.25, -0.2) is 0 Å². The van der Waals surface area contributed by atoms with Crippen molar-refractivity contribution in [3.8, 4) is 11.5 Å². The van der Waals surface area contributed by atoms with Gasteiger partial charge >= 0.3 is 0 Å². The number of aromatic hydroxyl groups is 1. The highest BCUT2D eigenvalue weighted by Gasteiger charge is 2.21. The monoisotopic (exact) mass is 283 g/mol. The van der Waals surface area contributed by atoms with Crippen LogP contribution in [0.25, 0.3) is 0 Å². The van der Waals surface area contributed by atoms with Gasteiger partial charge in [0.2, 0.25) is 5.91 Å². The van der Waals surface area contributed by atoms with E-state index in [0.29, 0.717) is 13.2 Å². The maximum absolute atomic E-state index is 12.6. The number of rotatable bonds is 2. The molecule has 0 saturated carbocycles. The van der Waals surface area contributed by atoms with Gasteiger partial charge in [-0.2, -0.15) is 0 Å². The highest BCUT2D eigenvalue weighted by Crippen LogP contribution is 2.31. The van der Waals surface area contributed by atoms with Crippen LogP contribution in [0.3, 0.4) is 0 Å². The molecule has 1 aliphatic heterocycles. The fourth-order valence-corrected chi connectivity index (χ4v) is 2.52. The lowest BCUT2D eigenvalue weighted by atomic mass is 10.1. The van der Waals surface area contributed by atoms with Crippen molar-refractivity contribution < 1.29 is 14.6 Å². The lowest BCUT2D eigenvalue weighted by Crippen LogP contribution is -2.32. The molecule has 2 aromatic rings. The molecule has 0 aliphatic carbocycles. The Labute approximate surface area is 123 Å². The zero-order chi connectivity index (χ0) is 14.7. The van der Waals surface area contributed by atoms with E-state index in [1.54, 1.807) is 23.1 Å². The van der Waals surface area contributed by atoms with Crippen LogP contribution >= 0.6 is 0 Å². The van der Waals surface area contributed by atoms with Gasteiger partial charge in [0.05, 0.1) is 18.7 Å². The first kappa shape index (κ1) is 13.5. The fraction of sp³-hybridized carbons (Fsp3) is 0.235. The first-order valence-corrected chi connectivity index (χ1v) is 7.04. The summed E-state index contributed by atoms with van der Waals surface area (Å²) >= 11 is 0. The van der Waals surface area contributed by atoms with E-state index in [1.165, 1.54) is 0 Å². The predicted octanol–water partition coefficient (Wildman–Crippen LogP) is 2.75. The zero-order valence-electron chi connectivity index (χ0n) is 11.7. The third kappa shape index (κ3) is 2.99. The standard InChI is InChI=1S/C17H17NO3/c19-14-6-3-5-13(11-14)12-17(20)18-9-4-10-21-16-8-2-1-7-15(16)18/h1-3,5-8,11,19H,4,9-10,12H2. The number of ether oxygens (including phenoxy) is 1. The molecule has 108 valence electrons. The number of phenols is 1. The largest absolute Gasteiger partial charge is 0.508 e. The molecule has 3 rings (SSSR count). The average molecular weight is 283 g/mol. The average Bonchev–Trinajstić information content (AvgIpc) is 2.69. The Morgan fingerprint density at radius 2 is 2.05 bits per heavy atom. The van der Waals surface area contributed by atoms with Crippen LogP contribution in [0.2, 0.25) is 0 Å². The van der Waals surface area contributed by atoms with E-state index in [9.17, 15) is 9.90 Å². The Bertz CT molecular complexity index is 654. The van der Waals surface area contributed by atoms with Crippen LogP contribution in [-0.4, -0.2) is 24.2 Å². The number of fused-ring (bicyclic) bond motifs is 1. The lowest BCUT2D eigenvalue weighted by molar-refractivity contribution is -0.118. The minimum atomic E-state index is 0.0125. The van der Waals surface area contributed by atoms with Crippen LogP contribution in [0, 0.1) is 0 Å². The summed E-state index contributed by atoms with van der Waals surface area (Å²) in [5, 5.41) is 9.49. The van der Waals surface area contributed by atoms with Gasteiger partial charge in [-0.1, -0.05) is 24.3 Å². The molecule has 0 atom stereocenters. The topological polar surface area (TPSA) is 49.8 Å². The maximum atomic E-state index is 12.6. The molecule has 1 N–H and O–H groups in total. The quantitative estimate of drug-likeness (QED) is 0.922. The Hall–Kier alpha value is -2.49. The molecule has 1 aliphatic rings. The number of hydrogen-bond donors (Lipinski definition) is 1. The Kier molecular flexibility index (Phi) is 3.77. The molecule has 4 nitrogen and oxygen atoms in total. The van der Waals surface area contributed by atoms with Crippen LogP contribution in [0.4, 0.5) is 5.69 Å². The van der Waals surface area contributed by atoms with Crippen LogP contribution in [0.1, 0.15) is 12.0 Å². The molecule has 0 radical (unpaired) electrons. The second kappa shape index (κ2) is 5.87. The second-order valence-corrected chi connectivity index (χ2v) is 5.06. The highest BCUT2D eigenvalue weighted by molar-refractivity contribution is 5.96. The molecule has 0 aromatic heterocycles. The molecule has 0 fully saturated rings. The van der Waals surface area contributed by atoms with Crippen molar-refractivity contribution in [2.45, 2.75) is 12.8 Å². The van der Waals surface area contributed by atoms with Crippen molar-refractivity contribution in [2.24, 2.45) is 0 Å². The van der Waals surface area contributed by atoms with Crippen molar-refractivity contribution in [3.05, 3.63) is 54.1 Å². The summed E-state index contributed by atoms with van der Waals surface area (Å²) in [5.41, 5.74) is 1.63. The summed E-state index contributed by atoms with van der Waals surface area (Å²) in [6.45, 7) is 1.27. The van der Waals surface area contributed by atoms with Crippen molar-refractivity contribution in [1.29, 1.82) is 0 Å². The smallest absolute Gasteiger partial charge is 0.231 e. The van der Waals surface area contributed by atoms with E-state index in [-0.39, 0.29) is 18.1 Å². The summed E-state index contributed by atoms with van der Waals surface area (Å²) in [4.78, 5) is 14.4. The fourth-order valence-electron chi connectivity index (χ4n) is 2.52. The first-order chi connectivity index (χ1) is 10.2. The first-order valence-electron chi connectivity index (χ1n) is 7.04. The van der Waals surface area contributed by atoms with Crippen molar-refractivity contribution in [2.75, 3.05) is 18.1 Å². The van der Waals surface area contributed by atoms with E-state index in [4.69, 9.17) is 4.74 Å². The van der Waals surface area contributed by atoms with Crippen molar-refractivity contribution in [1.82, 2.24) is 0 Å². The Morgan fingerprint density at radius 3 is 2.90 bits per heavy atom. The minimum absolute atomic E-state index is 0.0125. The molecular weight excluding hydrogens is 266 g/mol. The highest BCUT2D eigenvalue weighted by atomic mass is 16.5. The van der Waals surface area contributed by atoms with Crippen LogP contribution in [0.15, 0.2) is 48.5 Å². The molecule has 0 spiro atoms. The maximum Gasteiger partial charge on any atom is 0.231 e. The number of benzene rings is 2. The Morgan fingerprint density at radius 1 is 1.19 bits per heavy atom. The van der Waals surface area contributed by atoms with Crippen LogP contribution in [-0.2, 0) is 11.2 Å². The summed E-state index contributed by atoms with van der Waals surface area (Å²) in [5.74, 6) is 0.942. The number of carbonyl (C=O) groups excluding carboxylic acids is 1. The third-order valence-corrected chi connectivity index (χ3v) is 3.51. The van der Waals surface area contributed by atoms with Gasteiger partial charge in [-0.3, -0.25) is 4.79 Å². The number of amides is 1. The van der Waals surface area contributed by atoms with E-state index in [1.807, 2.05) is 30.3 Å². The lowest BCUT2D eigenvalue weighted by Gasteiger charge is -2.21. The Balaban J connectivity index is 1.84. The number of nitrogens with zero attached hydrogens (tertiary/aromatic N) is 1. The summed E-state index contributed by atoms with van der Waals surface area (Å²) in [6.07, 6.45) is 1.07.